The molecule has 3 rings (SSSR count). The fourth-order valence-electron chi connectivity index (χ4n) is 5.47. The van der Waals surface area contributed by atoms with Crippen LogP contribution >= 0.6 is 0 Å². The first-order valence-electron chi connectivity index (χ1n) is 8.39. The van der Waals surface area contributed by atoms with Gasteiger partial charge < -0.3 is 9.84 Å². The van der Waals surface area contributed by atoms with Crippen LogP contribution in [0.4, 0.5) is 0 Å². The van der Waals surface area contributed by atoms with Gasteiger partial charge in [-0.1, -0.05) is 32.9 Å². The second-order valence-electron chi connectivity index (χ2n) is 7.85. The summed E-state index contributed by atoms with van der Waals surface area (Å²) in [5.74, 6) is 2.06. The largest absolute Gasteiger partial charge is 0.462 e. The molecular formula is C18H28O3. The first-order chi connectivity index (χ1) is 9.90. The topological polar surface area (TPSA) is 46.5 Å². The van der Waals surface area contributed by atoms with E-state index >= 15 is 0 Å². The maximum Gasteiger partial charge on any atom is 0.306 e. The fourth-order valence-corrected chi connectivity index (χ4v) is 5.47. The van der Waals surface area contributed by atoms with E-state index < -0.39 is 0 Å². The average Bonchev–Trinajstić information content (AvgIpc) is 2.89. The van der Waals surface area contributed by atoms with E-state index in [4.69, 9.17) is 4.74 Å². The van der Waals surface area contributed by atoms with E-state index in [1.165, 1.54) is 12.0 Å². The van der Waals surface area contributed by atoms with Crippen LogP contribution in [0.15, 0.2) is 12.2 Å². The van der Waals surface area contributed by atoms with E-state index in [1.54, 1.807) is 0 Å². The summed E-state index contributed by atoms with van der Waals surface area (Å²) in [5.41, 5.74) is 1.25. The zero-order valence-corrected chi connectivity index (χ0v) is 13.5. The number of aliphatic hydroxyl groups excluding tert-OH is 1. The van der Waals surface area contributed by atoms with Crippen molar-refractivity contribution in [1.82, 2.24) is 0 Å². The highest BCUT2D eigenvalue weighted by molar-refractivity contribution is 5.71. The number of hydrogen-bond acceptors (Lipinski definition) is 3. The van der Waals surface area contributed by atoms with Gasteiger partial charge in [0.15, 0.2) is 0 Å². The fraction of sp³-hybridized carbons (Fsp3) is 0.833. The van der Waals surface area contributed by atoms with Crippen LogP contribution < -0.4 is 0 Å². The third-order valence-corrected chi connectivity index (χ3v) is 6.69. The Hall–Kier alpha value is -0.830. The Bertz CT molecular complexity index is 455. The number of rotatable bonds is 3. The van der Waals surface area contributed by atoms with Crippen molar-refractivity contribution < 1.29 is 14.6 Å². The number of esters is 1. The Morgan fingerprint density at radius 3 is 2.67 bits per heavy atom. The smallest absolute Gasteiger partial charge is 0.306 e. The first kappa shape index (κ1) is 15.1. The van der Waals surface area contributed by atoms with Crippen LogP contribution in [-0.2, 0) is 9.53 Å². The number of carbonyl (C=O) groups excluding carboxylic acids is 1. The summed E-state index contributed by atoms with van der Waals surface area (Å²) in [5, 5.41) is 10.0. The number of ether oxygens (including phenoxy) is 1. The molecule has 0 radical (unpaired) electrons. The van der Waals surface area contributed by atoms with Crippen LogP contribution in [0.5, 0.6) is 0 Å². The van der Waals surface area contributed by atoms with Gasteiger partial charge in [-0.15, -0.1) is 0 Å². The van der Waals surface area contributed by atoms with Crippen molar-refractivity contribution >= 4 is 5.97 Å². The molecule has 3 nitrogen and oxygen atoms in total. The predicted octanol–water partition coefficient (Wildman–Crippen LogP) is 3.18. The van der Waals surface area contributed by atoms with E-state index in [0.717, 1.165) is 12.8 Å². The Kier molecular flexibility index (Phi) is 3.67. The Balaban J connectivity index is 1.98. The molecule has 0 unspecified atom stereocenters. The van der Waals surface area contributed by atoms with E-state index in [2.05, 4.69) is 27.4 Å². The maximum atomic E-state index is 11.6. The molecule has 0 aromatic carbocycles. The van der Waals surface area contributed by atoms with Crippen molar-refractivity contribution in [3.8, 4) is 0 Å². The Morgan fingerprint density at radius 2 is 2.14 bits per heavy atom. The molecule has 0 spiro atoms. The maximum absolute atomic E-state index is 11.6. The standard InChI is InChI=1S/C18H28O3/c1-10(2)12-7-8-18(4)11(3)16(17(12)13(18)9-19)14-5-6-15(20)21-14/h10,12-14,16-17,19H,3,5-9H2,1-2,4H3/t12-,13-,14+,16-,17+,18+/m1/s1. The predicted molar refractivity (Wildman–Crippen MR) is 81.5 cm³/mol. The molecule has 0 aromatic heterocycles. The molecule has 3 aliphatic rings. The molecule has 2 aliphatic carbocycles. The van der Waals surface area contributed by atoms with Gasteiger partial charge in [-0.05, 0) is 48.3 Å². The summed E-state index contributed by atoms with van der Waals surface area (Å²) in [7, 11) is 0. The number of carbonyl (C=O) groups is 1. The van der Waals surface area contributed by atoms with Gasteiger partial charge in [-0.3, -0.25) is 4.79 Å². The van der Waals surface area contributed by atoms with Gasteiger partial charge in [-0.25, -0.2) is 0 Å². The quantitative estimate of drug-likeness (QED) is 0.642. The summed E-state index contributed by atoms with van der Waals surface area (Å²) in [6.45, 7) is 11.4. The minimum atomic E-state index is -0.0685. The summed E-state index contributed by atoms with van der Waals surface area (Å²) < 4.78 is 5.61. The van der Waals surface area contributed by atoms with E-state index in [1.807, 2.05) is 0 Å². The third-order valence-electron chi connectivity index (χ3n) is 6.69. The highest BCUT2D eigenvalue weighted by Gasteiger charge is 2.61. The van der Waals surface area contributed by atoms with Crippen LogP contribution in [-0.4, -0.2) is 23.8 Å². The Labute approximate surface area is 127 Å². The molecule has 0 aromatic rings. The molecule has 0 amide bonds. The number of cyclic esters (lactones) is 1. The molecule has 1 aliphatic heterocycles. The molecule has 1 heterocycles. The van der Waals surface area contributed by atoms with Crippen molar-refractivity contribution in [3.63, 3.8) is 0 Å². The lowest BCUT2D eigenvalue weighted by molar-refractivity contribution is -0.143. The van der Waals surface area contributed by atoms with E-state index in [0.29, 0.717) is 24.2 Å². The summed E-state index contributed by atoms with van der Waals surface area (Å²) >= 11 is 0. The first-order valence-corrected chi connectivity index (χ1v) is 8.39. The zero-order valence-electron chi connectivity index (χ0n) is 13.5. The molecule has 3 heteroatoms. The molecule has 1 saturated heterocycles. The van der Waals surface area contributed by atoms with Crippen LogP contribution in [0.25, 0.3) is 0 Å². The Morgan fingerprint density at radius 1 is 1.43 bits per heavy atom. The minimum Gasteiger partial charge on any atom is -0.462 e. The van der Waals surface area contributed by atoms with Gasteiger partial charge in [0, 0.05) is 18.9 Å². The molecule has 21 heavy (non-hydrogen) atoms. The van der Waals surface area contributed by atoms with Gasteiger partial charge in [0.05, 0.1) is 0 Å². The van der Waals surface area contributed by atoms with Gasteiger partial charge in [0.25, 0.3) is 0 Å². The second kappa shape index (κ2) is 5.12. The molecule has 1 N–H and O–H groups in total. The number of aliphatic hydroxyl groups is 1. The molecule has 118 valence electrons. The van der Waals surface area contributed by atoms with Gasteiger partial charge in [0.2, 0.25) is 0 Å². The van der Waals surface area contributed by atoms with Crippen molar-refractivity contribution in [1.29, 1.82) is 0 Å². The average molecular weight is 292 g/mol. The highest BCUT2D eigenvalue weighted by Crippen LogP contribution is 2.64. The summed E-state index contributed by atoms with van der Waals surface area (Å²) in [6.07, 6.45) is 3.65. The van der Waals surface area contributed by atoms with Crippen molar-refractivity contribution in [3.05, 3.63) is 12.2 Å². The summed E-state index contributed by atoms with van der Waals surface area (Å²) in [4.78, 5) is 11.6. The van der Waals surface area contributed by atoms with Crippen LogP contribution in [0.3, 0.4) is 0 Å². The summed E-state index contributed by atoms with van der Waals surface area (Å²) in [6, 6.07) is 0. The SMILES string of the molecule is C=C1[C@H]([C@@H]2CCC(=O)O2)[C@H]2[C@@H](C(C)C)CC[C@]1(C)[C@@H]2CO. The molecule has 3 fully saturated rings. The normalized spacial score (nSPS) is 46.2. The highest BCUT2D eigenvalue weighted by atomic mass is 16.5. The zero-order chi connectivity index (χ0) is 15.4. The van der Waals surface area contributed by atoms with Gasteiger partial charge >= 0.3 is 5.97 Å². The lowest BCUT2D eigenvalue weighted by Crippen LogP contribution is -2.41. The molecule has 2 saturated carbocycles. The van der Waals surface area contributed by atoms with Gasteiger partial charge in [-0.2, -0.15) is 0 Å². The molecule has 2 bridgehead atoms. The van der Waals surface area contributed by atoms with E-state index in [-0.39, 0.29) is 35.9 Å². The van der Waals surface area contributed by atoms with Crippen LogP contribution in [0.2, 0.25) is 0 Å². The van der Waals surface area contributed by atoms with Crippen molar-refractivity contribution in [2.24, 2.45) is 35.0 Å². The second-order valence-corrected chi connectivity index (χ2v) is 7.85. The number of fused-ring (bicyclic) bond motifs is 2. The van der Waals surface area contributed by atoms with Crippen molar-refractivity contribution in [2.75, 3.05) is 6.61 Å². The minimum absolute atomic E-state index is 0.00905. The van der Waals surface area contributed by atoms with Crippen LogP contribution in [0, 0.1) is 35.0 Å². The van der Waals surface area contributed by atoms with Crippen molar-refractivity contribution in [2.45, 2.75) is 52.6 Å². The molecule has 6 atom stereocenters. The van der Waals surface area contributed by atoms with Gasteiger partial charge in [0.1, 0.15) is 6.10 Å². The monoisotopic (exact) mass is 292 g/mol. The molecular weight excluding hydrogens is 264 g/mol. The van der Waals surface area contributed by atoms with E-state index in [9.17, 15) is 9.90 Å². The lowest BCUT2D eigenvalue weighted by atomic mass is 9.61. The van der Waals surface area contributed by atoms with Crippen LogP contribution in [0.1, 0.15) is 46.5 Å². The number of hydrogen-bond donors (Lipinski definition) is 1. The third kappa shape index (κ3) is 2.08. The lowest BCUT2D eigenvalue weighted by Gasteiger charge is -2.44.